The van der Waals surface area contributed by atoms with Crippen LogP contribution in [0.25, 0.3) is 21.9 Å². The first-order valence-corrected chi connectivity index (χ1v) is 9.60. The Morgan fingerprint density at radius 2 is 1.90 bits per heavy atom. The Bertz CT molecular complexity index is 1400. The molecule has 0 aliphatic rings. The molecule has 0 radical (unpaired) electrons. The van der Waals surface area contributed by atoms with Gasteiger partial charge in [-0.25, -0.2) is 14.8 Å². The fourth-order valence-corrected chi connectivity index (χ4v) is 3.40. The number of H-pyrrole nitrogens is 1. The molecular weight excluding hydrogens is 384 g/mol. The minimum Gasteiger partial charge on any atom is -0.451 e. The molecule has 1 atom stereocenters. The molecule has 0 amide bonds. The first-order valence-electron chi connectivity index (χ1n) is 9.60. The van der Waals surface area contributed by atoms with Gasteiger partial charge < -0.3 is 14.3 Å². The average Bonchev–Trinajstić information content (AvgIpc) is 2.74. The van der Waals surface area contributed by atoms with Crippen molar-refractivity contribution in [1.82, 2.24) is 19.5 Å². The molecule has 8 heteroatoms. The first kappa shape index (κ1) is 19.5. The van der Waals surface area contributed by atoms with Crippen LogP contribution >= 0.6 is 0 Å². The summed E-state index contributed by atoms with van der Waals surface area (Å²) in [6, 6.07) is 11.8. The van der Waals surface area contributed by atoms with Crippen LogP contribution in [0.3, 0.4) is 0 Å². The van der Waals surface area contributed by atoms with E-state index in [1.165, 1.54) is 0 Å². The maximum atomic E-state index is 12.7. The summed E-state index contributed by atoms with van der Waals surface area (Å²) in [6.45, 7) is 5.66. The van der Waals surface area contributed by atoms with E-state index < -0.39 is 12.1 Å². The van der Waals surface area contributed by atoms with Crippen LogP contribution < -0.4 is 11.1 Å². The van der Waals surface area contributed by atoms with Crippen LogP contribution in [-0.4, -0.2) is 25.5 Å². The smallest absolute Gasteiger partial charge is 0.338 e. The van der Waals surface area contributed by atoms with Crippen molar-refractivity contribution in [2.75, 3.05) is 0 Å². The van der Waals surface area contributed by atoms with E-state index in [1.54, 1.807) is 60.9 Å². The third-order valence-corrected chi connectivity index (χ3v) is 4.96. The third kappa shape index (κ3) is 3.36. The molecule has 4 aromatic rings. The van der Waals surface area contributed by atoms with E-state index in [2.05, 4.69) is 15.0 Å². The molecule has 0 bridgehead atoms. The Balaban J connectivity index is 1.65. The topological polar surface area (TPSA) is 107 Å². The van der Waals surface area contributed by atoms with Crippen molar-refractivity contribution < 1.29 is 9.53 Å². The molecule has 152 valence electrons. The fraction of sp³-hybridized carbons (Fsp3) is 0.227. The lowest BCUT2D eigenvalue weighted by atomic mass is 10.2. The number of esters is 1. The standard InChI is InChI=1S/C22H20N4O4/c1-4-26-18-10-9-14(11-17(18)23-12(2)21(26)28)22(29)30-13(3)19-24-16-8-6-5-7-15(16)20(27)25-19/h5-11,13H,4H2,1-3H3,(H,24,25,27)/t13-/m1/s1. The number of carbonyl (C=O) groups is 1. The van der Waals surface area contributed by atoms with E-state index >= 15 is 0 Å². The maximum Gasteiger partial charge on any atom is 0.338 e. The van der Waals surface area contributed by atoms with Gasteiger partial charge in [-0.05, 0) is 51.1 Å². The molecule has 2 aromatic carbocycles. The van der Waals surface area contributed by atoms with Crippen LogP contribution in [0.15, 0.2) is 52.1 Å². The Labute approximate surface area is 171 Å². The van der Waals surface area contributed by atoms with Crippen molar-refractivity contribution in [2.45, 2.75) is 33.4 Å². The number of rotatable bonds is 4. The zero-order valence-electron chi connectivity index (χ0n) is 16.8. The van der Waals surface area contributed by atoms with Crippen LogP contribution in [0.4, 0.5) is 0 Å². The minimum atomic E-state index is -0.759. The molecule has 1 N–H and O–H groups in total. The lowest BCUT2D eigenvalue weighted by Crippen LogP contribution is -2.23. The highest BCUT2D eigenvalue weighted by Gasteiger charge is 2.18. The van der Waals surface area contributed by atoms with E-state index in [1.807, 2.05) is 6.92 Å². The molecule has 0 unspecified atom stereocenters. The van der Waals surface area contributed by atoms with Gasteiger partial charge in [-0.1, -0.05) is 12.1 Å². The number of carbonyl (C=O) groups excluding carboxylic acids is 1. The second kappa shape index (κ2) is 7.55. The molecule has 4 rings (SSSR count). The zero-order valence-corrected chi connectivity index (χ0v) is 16.8. The number of benzene rings is 2. The molecule has 2 heterocycles. The largest absolute Gasteiger partial charge is 0.451 e. The van der Waals surface area contributed by atoms with Crippen LogP contribution in [0.5, 0.6) is 0 Å². The van der Waals surface area contributed by atoms with Gasteiger partial charge in [0.05, 0.1) is 27.5 Å². The van der Waals surface area contributed by atoms with Crippen LogP contribution in [0, 0.1) is 6.92 Å². The number of nitrogens with one attached hydrogen (secondary N) is 1. The highest BCUT2D eigenvalue weighted by molar-refractivity contribution is 5.93. The quantitative estimate of drug-likeness (QED) is 0.524. The predicted octanol–water partition coefficient (Wildman–Crippen LogP) is 2.88. The second-order valence-electron chi connectivity index (χ2n) is 6.97. The Hall–Kier alpha value is -3.81. The van der Waals surface area contributed by atoms with Gasteiger partial charge in [-0.15, -0.1) is 0 Å². The monoisotopic (exact) mass is 404 g/mol. The van der Waals surface area contributed by atoms with Crippen molar-refractivity contribution in [3.8, 4) is 0 Å². The molecule has 8 nitrogen and oxygen atoms in total. The van der Waals surface area contributed by atoms with Gasteiger partial charge in [0.25, 0.3) is 11.1 Å². The molecule has 2 aromatic heterocycles. The van der Waals surface area contributed by atoms with Gasteiger partial charge >= 0.3 is 5.97 Å². The Morgan fingerprint density at radius 1 is 1.13 bits per heavy atom. The van der Waals surface area contributed by atoms with E-state index in [0.29, 0.717) is 39.7 Å². The number of ether oxygens (including phenoxy) is 1. The number of aromatic amines is 1. The molecule has 0 aliphatic carbocycles. The summed E-state index contributed by atoms with van der Waals surface area (Å²) in [5.74, 6) is -0.310. The normalized spacial score (nSPS) is 12.2. The van der Waals surface area contributed by atoms with Crippen molar-refractivity contribution in [2.24, 2.45) is 0 Å². The van der Waals surface area contributed by atoms with Gasteiger partial charge in [0.2, 0.25) is 0 Å². The average molecular weight is 404 g/mol. The molecule has 0 spiro atoms. The van der Waals surface area contributed by atoms with Gasteiger partial charge in [0.1, 0.15) is 5.69 Å². The first-order chi connectivity index (χ1) is 14.4. The predicted molar refractivity (Wildman–Crippen MR) is 113 cm³/mol. The SMILES string of the molecule is CCn1c(=O)c(C)nc2cc(C(=O)O[C@H](C)c3nc4ccccc4c(=O)[nH]3)ccc21. The number of hydrogen-bond donors (Lipinski definition) is 1. The van der Waals surface area contributed by atoms with E-state index in [4.69, 9.17) is 4.74 Å². The lowest BCUT2D eigenvalue weighted by molar-refractivity contribution is 0.0320. The van der Waals surface area contributed by atoms with Gasteiger partial charge in [-0.2, -0.15) is 0 Å². The summed E-state index contributed by atoms with van der Waals surface area (Å²) in [6.07, 6.45) is -0.759. The fourth-order valence-electron chi connectivity index (χ4n) is 3.40. The minimum absolute atomic E-state index is 0.153. The van der Waals surface area contributed by atoms with E-state index in [0.717, 1.165) is 0 Å². The van der Waals surface area contributed by atoms with Gasteiger partial charge in [0.15, 0.2) is 11.9 Å². The molecule has 30 heavy (non-hydrogen) atoms. The maximum absolute atomic E-state index is 12.7. The summed E-state index contributed by atoms with van der Waals surface area (Å²) in [4.78, 5) is 48.5. The lowest BCUT2D eigenvalue weighted by Gasteiger charge is -2.14. The number of aromatic nitrogens is 4. The van der Waals surface area contributed by atoms with Crippen LogP contribution in [0.1, 0.15) is 41.8 Å². The van der Waals surface area contributed by atoms with Gasteiger partial charge in [0, 0.05) is 6.54 Å². The molecular formula is C22H20N4O4. The Kier molecular flexibility index (Phi) is 4.91. The summed E-state index contributed by atoms with van der Waals surface area (Å²) in [7, 11) is 0. The van der Waals surface area contributed by atoms with Crippen LogP contribution in [0.2, 0.25) is 0 Å². The summed E-state index contributed by atoms with van der Waals surface area (Å²) in [5, 5.41) is 0.470. The third-order valence-electron chi connectivity index (χ3n) is 4.96. The van der Waals surface area contributed by atoms with Gasteiger partial charge in [-0.3, -0.25) is 9.59 Å². The second-order valence-corrected chi connectivity index (χ2v) is 6.97. The van der Waals surface area contributed by atoms with Crippen molar-refractivity contribution in [3.05, 3.63) is 80.3 Å². The highest BCUT2D eigenvalue weighted by Crippen LogP contribution is 2.19. The van der Waals surface area contributed by atoms with Crippen molar-refractivity contribution >= 4 is 27.9 Å². The van der Waals surface area contributed by atoms with E-state index in [9.17, 15) is 14.4 Å². The highest BCUT2D eigenvalue weighted by atomic mass is 16.5. The van der Waals surface area contributed by atoms with E-state index in [-0.39, 0.29) is 16.9 Å². The van der Waals surface area contributed by atoms with Crippen LogP contribution in [-0.2, 0) is 11.3 Å². The molecule has 0 aliphatic heterocycles. The van der Waals surface area contributed by atoms with Crippen molar-refractivity contribution in [1.29, 1.82) is 0 Å². The zero-order chi connectivity index (χ0) is 21.4. The summed E-state index contributed by atoms with van der Waals surface area (Å²) >= 11 is 0. The number of hydrogen-bond acceptors (Lipinski definition) is 6. The number of nitrogens with zero attached hydrogens (tertiary/aromatic N) is 3. The Morgan fingerprint density at radius 3 is 2.67 bits per heavy atom. The van der Waals surface area contributed by atoms with Crippen molar-refractivity contribution in [3.63, 3.8) is 0 Å². The molecule has 0 fully saturated rings. The number of para-hydroxylation sites is 1. The molecule has 0 saturated heterocycles. The summed E-state index contributed by atoms with van der Waals surface area (Å²) in [5.41, 5.74) is 1.93. The number of fused-ring (bicyclic) bond motifs is 2. The molecule has 0 saturated carbocycles. The summed E-state index contributed by atoms with van der Waals surface area (Å²) < 4.78 is 7.13. The number of aryl methyl sites for hydroxylation is 2.